The smallest absolute Gasteiger partial charge is 0.179 e. The first-order valence-corrected chi connectivity index (χ1v) is 7.27. The van der Waals surface area contributed by atoms with E-state index in [9.17, 15) is 4.79 Å². The van der Waals surface area contributed by atoms with E-state index in [1.54, 1.807) is 0 Å². The van der Waals surface area contributed by atoms with Gasteiger partial charge in [-0.25, -0.2) is 0 Å². The van der Waals surface area contributed by atoms with E-state index in [1.165, 1.54) is 6.42 Å². The summed E-state index contributed by atoms with van der Waals surface area (Å²) in [6.07, 6.45) is 1.20. The molecule has 104 valence electrons. The van der Waals surface area contributed by atoms with Crippen molar-refractivity contribution in [2.45, 2.75) is 53.1 Å². The van der Waals surface area contributed by atoms with Crippen molar-refractivity contribution in [2.75, 3.05) is 6.54 Å². The molecule has 0 amide bonds. The van der Waals surface area contributed by atoms with E-state index in [0.717, 1.165) is 23.2 Å². The molecule has 0 saturated carbocycles. The minimum atomic E-state index is -0.0135. The van der Waals surface area contributed by atoms with E-state index < -0.39 is 0 Å². The number of nitrogens with zero attached hydrogens (tertiary/aromatic N) is 1. The van der Waals surface area contributed by atoms with Gasteiger partial charge in [0.2, 0.25) is 0 Å². The van der Waals surface area contributed by atoms with Crippen LogP contribution in [0.2, 0.25) is 0 Å². The average molecular weight is 259 g/mol. The third-order valence-electron chi connectivity index (χ3n) is 4.37. The molecule has 1 aromatic rings. The SMILES string of the molecule is Cc1ccc(C)c(C(=O)C(C)N2CC(C)CC2C)c1. The maximum Gasteiger partial charge on any atom is 0.179 e. The van der Waals surface area contributed by atoms with E-state index >= 15 is 0 Å². The van der Waals surface area contributed by atoms with Gasteiger partial charge in [0.15, 0.2) is 5.78 Å². The molecule has 19 heavy (non-hydrogen) atoms. The first kappa shape index (κ1) is 14.3. The van der Waals surface area contributed by atoms with Crippen molar-refractivity contribution >= 4 is 5.78 Å². The summed E-state index contributed by atoms with van der Waals surface area (Å²) >= 11 is 0. The van der Waals surface area contributed by atoms with Crippen LogP contribution in [-0.4, -0.2) is 29.3 Å². The Morgan fingerprint density at radius 3 is 2.58 bits per heavy atom. The molecule has 1 fully saturated rings. The normalized spacial score (nSPS) is 25.5. The van der Waals surface area contributed by atoms with Crippen molar-refractivity contribution in [2.24, 2.45) is 5.92 Å². The topological polar surface area (TPSA) is 20.3 Å². The van der Waals surface area contributed by atoms with Crippen molar-refractivity contribution in [3.8, 4) is 0 Å². The zero-order chi connectivity index (χ0) is 14.2. The Kier molecular flexibility index (Phi) is 4.10. The van der Waals surface area contributed by atoms with Crippen molar-refractivity contribution in [3.05, 3.63) is 34.9 Å². The number of hydrogen-bond donors (Lipinski definition) is 0. The predicted octanol–water partition coefficient (Wildman–Crippen LogP) is 3.60. The van der Waals surface area contributed by atoms with Crippen LogP contribution in [0.15, 0.2) is 18.2 Å². The summed E-state index contributed by atoms with van der Waals surface area (Å²) in [5, 5.41) is 0. The molecule has 1 aliphatic heterocycles. The summed E-state index contributed by atoms with van der Waals surface area (Å²) in [6.45, 7) is 11.7. The largest absolute Gasteiger partial charge is 0.292 e. The Labute approximate surface area is 116 Å². The number of likely N-dealkylation sites (tertiary alicyclic amines) is 1. The highest BCUT2D eigenvalue weighted by molar-refractivity contribution is 6.01. The first-order valence-electron chi connectivity index (χ1n) is 7.27. The fraction of sp³-hybridized carbons (Fsp3) is 0.588. The van der Waals surface area contributed by atoms with Crippen molar-refractivity contribution in [1.82, 2.24) is 4.90 Å². The number of rotatable bonds is 3. The number of hydrogen-bond acceptors (Lipinski definition) is 2. The molecule has 0 aromatic heterocycles. The second-order valence-corrected chi connectivity index (χ2v) is 6.25. The van der Waals surface area contributed by atoms with E-state index in [4.69, 9.17) is 0 Å². The summed E-state index contributed by atoms with van der Waals surface area (Å²) in [4.78, 5) is 15.1. The number of carbonyl (C=O) groups is 1. The molecule has 0 aliphatic carbocycles. The highest BCUT2D eigenvalue weighted by Crippen LogP contribution is 2.26. The van der Waals surface area contributed by atoms with Gasteiger partial charge in [0.25, 0.3) is 0 Å². The molecule has 2 heteroatoms. The van der Waals surface area contributed by atoms with Gasteiger partial charge in [-0.15, -0.1) is 0 Å². The molecule has 2 nitrogen and oxygen atoms in total. The third-order valence-corrected chi connectivity index (χ3v) is 4.37. The van der Waals surface area contributed by atoms with Gasteiger partial charge in [0.05, 0.1) is 6.04 Å². The van der Waals surface area contributed by atoms with Crippen LogP contribution in [0.3, 0.4) is 0 Å². The lowest BCUT2D eigenvalue weighted by Crippen LogP contribution is -2.41. The molecule has 2 rings (SSSR count). The lowest BCUT2D eigenvalue weighted by atomic mass is 9.97. The molecule has 1 heterocycles. The second-order valence-electron chi connectivity index (χ2n) is 6.25. The van der Waals surface area contributed by atoms with Crippen LogP contribution in [0.25, 0.3) is 0 Å². The molecule has 3 atom stereocenters. The van der Waals surface area contributed by atoms with Crippen LogP contribution in [0.4, 0.5) is 0 Å². The van der Waals surface area contributed by atoms with Gasteiger partial charge in [0.1, 0.15) is 0 Å². The Morgan fingerprint density at radius 1 is 1.32 bits per heavy atom. The van der Waals surface area contributed by atoms with Crippen molar-refractivity contribution < 1.29 is 4.79 Å². The highest BCUT2D eigenvalue weighted by atomic mass is 16.1. The van der Waals surface area contributed by atoms with Crippen LogP contribution in [0.1, 0.15) is 48.7 Å². The van der Waals surface area contributed by atoms with Crippen molar-refractivity contribution in [1.29, 1.82) is 0 Å². The minimum Gasteiger partial charge on any atom is -0.292 e. The number of carbonyl (C=O) groups excluding carboxylic acids is 1. The molecule has 3 unspecified atom stereocenters. The fourth-order valence-electron chi connectivity index (χ4n) is 3.25. The van der Waals surface area contributed by atoms with Crippen LogP contribution in [0.5, 0.6) is 0 Å². The molecular formula is C17H25NO. The Morgan fingerprint density at radius 2 is 2.00 bits per heavy atom. The van der Waals surface area contributed by atoms with Gasteiger partial charge in [-0.3, -0.25) is 9.69 Å². The van der Waals surface area contributed by atoms with Crippen LogP contribution >= 0.6 is 0 Å². The predicted molar refractivity (Wildman–Crippen MR) is 79.7 cm³/mol. The summed E-state index contributed by atoms with van der Waals surface area (Å²) in [5.74, 6) is 0.964. The quantitative estimate of drug-likeness (QED) is 0.773. The standard InChI is InChI=1S/C17H25NO/c1-11-6-7-13(3)16(9-11)17(19)15(5)18-10-12(2)8-14(18)4/h6-7,9,12,14-15H,8,10H2,1-5H3. The van der Waals surface area contributed by atoms with E-state index in [2.05, 4.69) is 31.7 Å². The van der Waals surface area contributed by atoms with E-state index in [1.807, 2.05) is 26.0 Å². The van der Waals surface area contributed by atoms with Gasteiger partial charge >= 0.3 is 0 Å². The Bertz CT molecular complexity index is 480. The fourth-order valence-corrected chi connectivity index (χ4v) is 3.25. The van der Waals surface area contributed by atoms with Crippen molar-refractivity contribution in [3.63, 3.8) is 0 Å². The third kappa shape index (κ3) is 2.89. The maximum absolute atomic E-state index is 12.7. The van der Waals surface area contributed by atoms with E-state index in [0.29, 0.717) is 12.0 Å². The summed E-state index contributed by atoms with van der Waals surface area (Å²) in [7, 11) is 0. The number of aryl methyl sites for hydroxylation is 2. The zero-order valence-electron chi connectivity index (χ0n) is 12.7. The molecule has 1 aromatic carbocycles. The Balaban J connectivity index is 2.21. The molecule has 1 saturated heterocycles. The number of benzene rings is 1. The van der Waals surface area contributed by atoms with Gasteiger partial charge in [-0.05, 0) is 51.7 Å². The summed E-state index contributed by atoms with van der Waals surface area (Å²) < 4.78 is 0. The van der Waals surface area contributed by atoms with Gasteiger partial charge in [-0.1, -0.05) is 24.6 Å². The average Bonchev–Trinajstić information content (AvgIpc) is 2.69. The summed E-state index contributed by atoms with van der Waals surface area (Å²) in [5.41, 5.74) is 3.13. The number of ketones is 1. The van der Waals surface area contributed by atoms with Crippen LogP contribution in [0, 0.1) is 19.8 Å². The minimum absolute atomic E-state index is 0.0135. The molecule has 0 bridgehead atoms. The molecule has 0 radical (unpaired) electrons. The second kappa shape index (κ2) is 5.46. The Hall–Kier alpha value is -1.15. The first-order chi connectivity index (χ1) is 8.90. The van der Waals surface area contributed by atoms with Gasteiger partial charge < -0.3 is 0 Å². The number of Topliss-reactive ketones (excluding diaryl/α,β-unsaturated/α-hetero) is 1. The lowest BCUT2D eigenvalue weighted by Gasteiger charge is -2.28. The zero-order valence-corrected chi connectivity index (χ0v) is 12.7. The van der Waals surface area contributed by atoms with Crippen LogP contribution in [-0.2, 0) is 0 Å². The lowest BCUT2D eigenvalue weighted by molar-refractivity contribution is 0.0826. The highest BCUT2D eigenvalue weighted by Gasteiger charge is 2.33. The molecule has 0 spiro atoms. The van der Waals surface area contributed by atoms with Gasteiger partial charge in [-0.2, -0.15) is 0 Å². The van der Waals surface area contributed by atoms with Crippen LogP contribution < -0.4 is 0 Å². The molecule has 0 N–H and O–H groups in total. The molecular weight excluding hydrogens is 234 g/mol. The van der Waals surface area contributed by atoms with Gasteiger partial charge in [0, 0.05) is 18.2 Å². The van der Waals surface area contributed by atoms with E-state index in [-0.39, 0.29) is 11.8 Å². The maximum atomic E-state index is 12.7. The summed E-state index contributed by atoms with van der Waals surface area (Å²) in [6, 6.07) is 6.64. The monoisotopic (exact) mass is 259 g/mol. The molecule has 1 aliphatic rings.